The zero-order valence-electron chi connectivity index (χ0n) is 8.67. The molecule has 0 spiro atoms. The van der Waals surface area contributed by atoms with Crippen LogP contribution in [-0.2, 0) is 6.18 Å². The number of benzene rings is 1. The van der Waals surface area contributed by atoms with Crippen LogP contribution < -0.4 is 0 Å². The van der Waals surface area contributed by atoms with Crippen molar-refractivity contribution in [1.82, 2.24) is 4.98 Å². The molecule has 0 bridgehead atoms. The third-order valence-electron chi connectivity index (χ3n) is 2.59. The molecule has 2 rings (SSSR count). The molecule has 0 aliphatic carbocycles. The fraction of sp³-hybridized carbons (Fsp3) is 0.273. The van der Waals surface area contributed by atoms with Crippen LogP contribution in [0.3, 0.4) is 0 Å². The number of alkyl halides is 3. The van der Waals surface area contributed by atoms with Gasteiger partial charge in [-0.2, -0.15) is 13.2 Å². The number of aryl methyl sites for hydroxylation is 2. The van der Waals surface area contributed by atoms with Gasteiger partial charge in [0, 0.05) is 5.39 Å². The Kier molecular flexibility index (Phi) is 2.53. The Balaban J connectivity index is 2.88. The lowest BCUT2D eigenvalue weighted by Crippen LogP contribution is -2.05. The van der Waals surface area contributed by atoms with Gasteiger partial charge in [0.05, 0.1) is 9.99 Å². The summed E-state index contributed by atoms with van der Waals surface area (Å²) >= 11 is 3.02. The van der Waals surface area contributed by atoms with Gasteiger partial charge >= 0.3 is 6.18 Å². The zero-order valence-corrected chi connectivity index (χ0v) is 10.3. The second-order valence-corrected chi connectivity index (χ2v) is 4.55. The molecule has 0 unspecified atom stereocenters. The Hall–Kier alpha value is -0.970. The Morgan fingerprint density at radius 3 is 2.19 bits per heavy atom. The number of rotatable bonds is 0. The Bertz CT molecular complexity index is 554. The number of aromatic nitrogens is 1. The highest BCUT2D eigenvalue weighted by Crippen LogP contribution is 2.40. The molecular formula is C11H9BrF3N. The highest BCUT2D eigenvalue weighted by atomic mass is 79.9. The van der Waals surface area contributed by atoms with Gasteiger partial charge in [-0.15, -0.1) is 0 Å². The predicted octanol–water partition coefficient (Wildman–Crippen LogP) is 4.57. The normalized spacial score (nSPS) is 12.4. The Morgan fingerprint density at radius 2 is 1.69 bits per heavy atom. The van der Waals surface area contributed by atoms with Crippen molar-refractivity contribution in [2.45, 2.75) is 20.0 Å². The number of hydrogen-bond acceptors (Lipinski definition) is 0. The molecule has 1 nitrogen and oxygen atoms in total. The maximum atomic E-state index is 12.7. The first kappa shape index (κ1) is 11.5. The molecule has 0 saturated carbocycles. The number of aromatic amines is 1. The van der Waals surface area contributed by atoms with Crippen molar-refractivity contribution in [3.05, 3.63) is 33.4 Å². The van der Waals surface area contributed by atoms with E-state index in [0.717, 1.165) is 11.1 Å². The highest BCUT2D eigenvalue weighted by Gasteiger charge is 2.36. The number of fused-ring (bicyclic) bond motifs is 1. The Morgan fingerprint density at radius 1 is 1.12 bits per heavy atom. The first-order valence-corrected chi connectivity index (χ1v) is 5.46. The summed E-state index contributed by atoms with van der Waals surface area (Å²) in [5.74, 6) is 0. The van der Waals surface area contributed by atoms with Crippen LogP contribution in [0.5, 0.6) is 0 Å². The average Bonchev–Trinajstić information content (AvgIpc) is 2.51. The third-order valence-corrected chi connectivity index (χ3v) is 3.39. The summed E-state index contributed by atoms with van der Waals surface area (Å²) in [5.41, 5.74) is 1.44. The van der Waals surface area contributed by atoms with E-state index in [1.165, 1.54) is 0 Å². The lowest BCUT2D eigenvalue weighted by atomic mass is 10.1. The van der Waals surface area contributed by atoms with E-state index in [2.05, 4.69) is 20.9 Å². The summed E-state index contributed by atoms with van der Waals surface area (Å²) in [4.78, 5) is 2.44. The number of nitrogens with one attached hydrogen (secondary N) is 1. The monoisotopic (exact) mass is 291 g/mol. The average molecular weight is 292 g/mol. The molecule has 0 aliphatic heterocycles. The summed E-state index contributed by atoms with van der Waals surface area (Å²) in [5, 5.41) is 0.604. The largest absolute Gasteiger partial charge is 0.432 e. The third kappa shape index (κ3) is 1.63. The van der Waals surface area contributed by atoms with Crippen LogP contribution in [0, 0.1) is 13.8 Å². The predicted molar refractivity (Wildman–Crippen MR) is 60.5 cm³/mol. The molecule has 1 heterocycles. The SMILES string of the molecule is Cc1ccc(C)c2c(Br)c(C(F)(F)F)[nH]c12. The van der Waals surface area contributed by atoms with E-state index in [0.29, 0.717) is 10.9 Å². The summed E-state index contributed by atoms with van der Waals surface area (Å²) in [6.07, 6.45) is -4.36. The van der Waals surface area contributed by atoms with Gasteiger partial charge < -0.3 is 4.98 Å². The standard InChI is InChI=1S/C11H9BrF3N/c1-5-3-4-6(2)9-7(5)8(12)10(16-9)11(13,14)15/h3-4,16H,1-2H3. The lowest BCUT2D eigenvalue weighted by Gasteiger charge is -2.03. The van der Waals surface area contributed by atoms with Crippen molar-refractivity contribution in [2.24, 2.45) is 0 Å². The molecule has 1 N–H and O–H groups in total. The summed E-state index contributed by atoms with van der Waals surface area (Å²) in [6.45, 7) is 3.57. The number of halogens is 4. The fourth-order valence-electron chi connectivity index (χ4n) is 1.76. The Labute approximate surface area is 98.8 Å². The highest BCUT2D eigenvalue weighted by molar-refractivity contribution is 9.10. The van der Waals surface area contributed by atoms with E-state index in [4.69, 9.17) is 0 Å². The van der Waals surface area contributed by atoms with Gasteiger partial charge in [0.1, 0.15) is 5.69 Å². The molecular weight excluding hydrogens is 283 g/mol. The lowest BCUT2D eigenvalue weighted by molar-refractivity contribution is -0.141. The minimum atomic E-state index is -4.36. The van der Waals surface area contributed by atoms with E-state index < -0.39 is 11.9 Å². The van der Waals surface area contributed by atoms with Crippen molar-refractivity contribution < 1.29 is 13.2 Å². The maximum absolute atomic E-state index is 12.7. The topological polar surface area (TPSA) is 15.8 Å². The van der Waals surface area contributed by atoms with E-state index in [-0.39, 0.29) is 4.47 Å². The summed E-state index contributed by atoms with van der Waals surface area (Å²) < 4.78 is 38.2. The van der Waals surface area contributed by atoms with Gasteiger partial charge in [0.25, 0.3) is 0 Å². The van der Waals surface area contributed by atoms with Crippen LogP contribution in [0.15, 0.2) is 16.6 Å². The molecule has 1 aromatic carbocycles. The molecule has 0 saturated heterocycles. The van der Waals surface area contributed by atoms with E-state index >= 15 is 0 Å². The van der Waals surface area contributed by atoms with Crippen molar-refractivity contribution >= 4 is 26.8 Å². The van der Waals surface area contributed by atoms with Crippen molar-refractivity contribution in [1.29, 1.82) is 0 Å². The van der Waals surface area contributed by atoms with E-state index in [9.17, 15) is 13.2 Å². The molecule has 0 amide bonds. The van der Waals surface area contributed by atoms with Crippen LogP contribution in [-0.4, -0.2) is 4.98 Å². The van der Waals surface area contributed by atoms with Gasteiger partial charge in [-0.25, -0.2) is 0 Å². The van der Waals surface area contributed by atoms with Crippen molar-refractivity contribution in [3.8, 4) is 0 Å². The van der Waals surface area contributed by atoms with Gasteiger partial charge in [0.2, 0.25) is 0 Å². The molecule has 0 radical (unpaired) electrons. The van der Waals surface area contributed by atoms with Gasteiger partial charge in [-0.1, -0.05) is 12.1 Å². The fourth-order valence-corrected chi connectivity index (χ4v) is 2.59. The summed E-state index contributed by atoms with van der Waals surface area (Å²) in [6, 6.07) is 3.62. The van der Waals surface area contributed by atoms with E-state index in [1.54, 1.807) is 19.9 Å². The van der Waals surface area contributed by atoms with Crippen LogP contribution in [0.2, 0.25) is 0 Å². The quantitative estimate of drug-likeness (QED) is 0.732. The number of hydrogen-bond donors (Lipinski definition) is 1. The van der Waals surface area contributed by atoms with Crippen LogP contribution in [0.4, 0.5) is 13.2 Å². The molecule has 0 atom stereocenters. The molecule has 1 aromatic heterocycles. The first-order chi connectivity index (χ1) is 7.32. The number of H-pyrrole nitrogens is 1. The minimum Gasteiger partial charge on any atom is -0.350 e. The molecule has 0 aliphatic rings. The van der Waals surface area contributed by atoms with Crippen LogP contribution >= 0.6 is 15.9 Å². The van der Waals surface area contributed by atoms with Gasteiger partial charge in [-0.05, 0) is 40.9 Å². The zero-order chi connectivity index (χ0) is 12.1. The van der Waals surface area contributed by atoms with Crippen LogP contribution in [0.1, 0.15) is 16.8 Å². The summed E-state index contributed by atoms with van der Waals surface area (Å²) in [7, 11) is 0. The smallest absolute Gasteiger partial charge is 0.350 e. The maximum Gasteiger partial charge on any atom is 0.432 e. The molecule has 16 heavy (non-hydrogen) atoms. The molecule has 0 fully saturated rings. The minimum absolute atomic E-state index is 0.0937. The van der Waals surface area contributed by atoms with Gasteiger partial charge in [-0.3, -0.25) is 0 Å². The second kappa shape index (κ2) is 3.52. The van der Waals surface area contributed by atoms with Crippen LogP contribution in [0.25, 0.3) is 10.9 Å². The van der Waals surface area contributed by atoms with Crippen molar-refractivity contribution in [3.63, 3.8) is 0 Å². The molecule has 5 heteroatoms. The van der Waals surface area contributed by atoms with E-state index in [1.807, 2.05) is 6.07 Å². The second-order valence-electron chi connectivity index (χ2n) is 3.76. The van der Waals surface area contributed by atoms with Crippen molar-refractivity contribution in [2.75, 3.05) is 0 Å². The molecule has 86 valence electrons. The molecule has 2 aromatic rings. The van der Waals surface area contributed by atoms with Gasteiger partial charge in [0.15, 0.2) is 0 Å². The first-order valence-electron chi connectivity index (χ1n) is 4.67.